The maximum Gasteiger partial charge on any atom is 0.328 e. The number of ether oxygens (including phenoxy) is 3. The van der Waals surface area contributed by atoms with Gasteiger partial charge in [0.1, 0.15) is 6.04 Å². The minimum atomic E-state index is -0.874. The minimum Gasteiger partial charge on any atom is -0.454 e. The van der Waals surface area contributed by atoms with Gasteiger partial charge < -0.3 is 24.8 Å². The Labute approximate surface area is 177 Å². The van der Waals surface area contributed by atoms with Crippen molar-refractivity contribution in [3.05, 3.63) is 40.6 Å². The Morgan fingerprint density at radius 2 is 1.93 bits per heavy atom. The van der Waals surface area contributed by atoms with Gasteiger partial charge in [0, 0.05) is 24.6 Å². The number of hydrogen-bond donors (Lipinski definition) is 2. The summed E-state index contributed by atoms with van der Waals surface area (Å²) < 4.78 is 16.9. The molecule has 1 aromatic carbocycles. The molecule has 4 rings (SSSR count). The number of hydrogen-bond acceptors (Lipinski definition) is 7. The van der Waals surface area contributed by atoms with Crippen molar-refractivity contribution in [1.29, 1.82) is 0 Å². The summed E-state index contributed by atoms with van der Waals surface area (Å²) in [4.78, 5) is 36.7. The van der Waals surface area contributed by atoms with E-state index in [9.17, 15) is 14.4 Å². The predicted molar refractivity (Wildman–Crippen MR) is 110 cm³/mol. The Morgan fingerprint density at radius 3 is 2.67 bits per heavy atom. The van der Waals surface area contributed by atoms with Crippen LogP contribution in [0.3, 0.4) is 0 Å². The fourth-order valence-electron chi connectivity index (χ4n) is 3.48. The number of esters is 1. The molecular formula is C21H22N2O6S. The Bertz CT molecular complexity index is 952. The van der Waals surface area contributed by atoms with Crippen LogP contribution in [0, 0.1) is 0 Å². The molecule has 1 aliphatic carbocycles. The number of rotatable bonds is 6. The summed E-state index contributed by atoms with van der Waals surface area (Å²) >= 11 is 1.27. The van der Waals surface area contributed by atoms with E-state index in [1.54, 1.807) is 35.7 Å². The Hall–Kier alpha value is -3.07. The number of amides is 2. The highest BCUT2D eigenvalue weighted by Gasteiger charge is 2.44. The summed E-state index contributed by atoms with van der Waals surface area (Å²) in [6, 6.07) is 7.69. The van der Waals surface area contributed by atoms with Gasteiger partial charge in [-0.1, -0.05) is 6.07 Å². The van der Waals surface area contributed by atoms with Crippen molar-refractivity contribution in [3.8, 4) is 11.5 Å². The SMILES string of the molecule is CC(NC(=O)c1cccs1)C(=O)OCC(=O)Nc1ccc2c(c1)OC1(CCCC1)O2. The zero-order valence-electron chi connectivity index (χ0n) is 16.4. The molecule has 9 heteroatoms. The van der Waals surface area contributed by atoms with E-state index in [-0.39, 0.29) is 5.91 Å². The summed E-state index contributed by atoms with van der Waals surface area (Å²) in [5.74, 6) is -0.851. The molecule has 0 saturated heterocycles. The van der Waals surface area contributed by atoms with Gasteiger partial charge in [-0.25, -0.2) is 4.79 Å². The van der Waals surface area contributed by atoms with Crippen molar-refractivity contribution in [3.63, 3.8) is 0 Å². The van der Waals surface area contributed by atoms with Crippen LogP contribution in [0.2, 0.25) is 0 Å². The third kappa shape index (κ3) is 4.40. The van der Waals surface area contributed by atoms with Crippen LogP contribution in [-0.2, 0) is 14.3 Å². The fourth-order valence-corrected chi connectivity index (χ4v) is 4.11. The molecule has 8 nitrogen and oxygen atoms in total. The Balaban J connectivity index is 1.25. The molecule has 1 unspecified atom stereocenters. The number of carbonyl (C=O) groups is 3. The maximum atomic E-state index is 12.2. The van der Waals surface area contributed by atoms with Gasteiger partial charge in [-0.15, -0.1) is 11.3 Å². The topological polar surface area (TPSA) is 103 Å². The van der Waals surface area contributed by atoms with Gasteiger partial charge in [0.2, 0.25) is 0 Å². The Morgan fingerprint density at radius 1 is 1.17 bits per heavy atom. The highest BCUT2D eigenvalue weighted by molar-refractivity contribution is 7.12. The Kier molecular flexibility index (Phi) is 5.63. The summed E-state index contributed by atoms with van der Waals surface area (Å²) in [5.41, 5.74) is 0.521. The molecule has 2 aliphatic rings. The number of carbonyl (C=O) groups excluding carboxylic acids is 3. The van der Waals surface area contributed by atoms with Gasteiger partial charge in [0.15, 0.2) is 18.1 Å². The quantitative estimate of drug-likeness (QED) is 0.683. The third-order valence-electron chi connectivity index (χ3n) is 4.98. The number of thiophene rings is 1. The average molecular weight is 430 g/mol. The van der Waals surface area contributed by atoms with E-state index in [2.05, 4.69) is 10.6 Å². The van der Waals surface area contributed by atoms with Gasteiger partial charge in [0.05, 0.1) is 4.88 Å². The molecular weight excluding hydrogens is 408 g/mol. The van der Waals surface area contributed by atoms with Crippen LogP contribution in [0.5, 0.6) is 11.5 Å². The van der Waals surface area contributed by atoms with Crippen LogP contribution in [-0.4, -0.2) is 36.2 Å². The molecule has 1 atom stereocenters. The van der Waals surface area contributed by atoms with Gasteiger partial charge in [-0.05, 0) is 43.3 Å². The second-order valence-corrected chi connectivity index (χ2v) is 8.26. The van der Waals surface area contributed by atoms with Gasteiger partial charge in [-0.2, -0.15) is 0 Å². The molecule has 2 N–H and O–H groups in total. The van der Waals surface area contributed by atoms with E-state index in [1.165, 1.54) is 18.3 Å². The number of anilines is 1. The highest BCUT2D eigenvalue weighted by Crippen LogP contribution is 2.47. The van der Waals surface area contributed by atoms with Crippen molar-refractivity contribution in [2.45, 2.75) is 44.4 Å². The summed E-state index contributed by atoms with van der Waals surface area (Å²) in [7, 11) is 0. The van der Waals surface area contributed by atoms with Crippen LogP contribution in [0.4, 0.5) is 5.69 Å². The van der Waals surface area contributed by atoms with E-state index in [0.29, 0.717) is 22.1 Å². The summed E-state index contributed by atoms with van der Waals surface area (Å²) in [5, 5.41) is 6.98. The van der Waals surface area contributed by atoms with E-state index in [4.69, 9.17) is 14.2 Å². The molecule has 0 radical (unpaired) electrons. The van der Waals surface area contributed by atoms with Crippen LogP contribution in [0.15, 0.2) is 35.7 Å². The third-order valence-corrected chi connectivity index (χ3v) is 5.85. The monoisotopic (exact) mass is 430 g/mol. The maximum absolute atomic E-state index is 12.2. The molecule has 30 heavy (non-hydrogen) atoms. The summed E-state index contributed by atoms with van der Waals surface area (Å²) in [6.07, 6.45) is 3.82. The second kappa shape index (κ2) is 8.35. The van der Waals surface area contributed by atoms with Crippen molar-refractivity contribution in [1.82, 2.24) is 5.32 Å². The van der Waals surface area contributed by atoms with Crippen molar-refractivity contribution in [2.24, 2.45) is 0 Å². The minimum absolute atomic E-state index is 0.362. The van der Waals surface area contributed by atoms with Crippen molar-refractivity contribution < 1.29 is 28.6 Å². The first-order valence-corrected chi connectivity index (χ1v) is 10.6. The van der Waals surface area contributed by atoms with Crippen LogP contribution in [0.25, 0.3) is 0 Å². The number of fused-ring (bicyclic) bond motifs is 1. The average Bonchev–Trinajstić information content (AvgIpc) is 3.47. The van der Waals surface area contributed by atoms with Crippen LogP contribution >= 0.6 is 11.3 Å². The largest absolute Gasteiger partial charge is 0.454 e. The molecule has 1 fully saturated rings. The number of nitrogens with one attached hydrogen (secondary N) is 2. The van der Waals surface area contributed by atoms with Crippen LogP contribution in [0.1, 0.15) is 42.3 Å². The molecule has 1 spiro atoms. The zero-order valence-corrected chi connectivity index (χ0v) is 17.3. The van der Waals surface area contributed by atoms with Gasteiger partial charge in [0.25, 0.3) is 17.6 Å². The molecule has 158 valence electrons. The van der Waals surface area contributed by atoms with E-state index in [1.807, 2.05) is 0 Å². The van der Waals surface area contributed by atoms with Crippen molar-refractivity contribution in [2.75, 3.05) is 11.9 Å². The molecule has 0 bridgehead atoms. The lowest BCUT2D eigenvalue weighted by atomic mass is 10.2. The second-order valence-electron chi connectivity index (χ2n) is 7.31. The first kappa shape index (κ1) is 20.2. The standard InChI is InChI=1S/C21H22N2O6S/c1-13(22-19(25)17-5-4-10-30-17)20(26)27-12-18(24)23-14-6-7-15-16(11-14)29-21(28-15)8-2-3-9-21/h4-7,10-11,13H,2-3,8-9,12H2,1H3,(H,22,25)(H,23,24). The predicted octanol–water partition coefficient (Wildman–Crippen LogP) is 3.09. The zero-order chi connectivity index (χ0) is 21.1. The fraction of sp³-hybridized carbons (Fsp3) is 0.381. The molecule has 1 aromatic heterocycles. The van der Waals surface area contributed by atoms with Crippen LogP contribution < -0.4 is 20.1 Å². The molecule has 1 saturated carbocycles. The lowest BCUT2D eigenvalue weighted by molar-refractivity contribution is -0.148. The lowest BCUT2D eigenvalue weighted by Crippen LogP contribution is -2.40. The molecule has 2 amide bonds. The van der Waals surface area contributed by atoms with Gasteiger partial charge in [-0.3, -0.25) is 9.59 Å². The smallest absolute Gasteiger partial charge is 0.328 e. The van der Waals surface area contributed by atoms with Crippen molar-refractivity contribution >= 4 is 34.8 Å². The molecule has 1 aliphatic heterocycles. The highest BCUT2D eigenvalue weighted by atomic mass is 32.1. The molecule has 2 heterocycles. The molecule has 2 aromatic rings. The first-order valence-electron chi connectivity index (χ1n) is 9.77. The van der Waals surface area contributed by atoms with E-state index < -0.39 is 30.3 Å². The van der Waals surface area contributed by atoms with E-state index >= 15 is 0 Å². The normalized spacial score (nSPS) is 16.8. The summed E-state index contributed by atoms with van der Waals surface area (Å²) in [6.45, 7) is 1.04. The number of benzene rings is 1. The lowest BCUT2D eigenvalue weighted by Gasteiger charge is -2.21. The first-order chi connectivity index (χ1) is 14.4. The van der Waals surface area contributed by atoms with Gasteiger partial charge >= 0.3 is 5.97 Å². The van der Waals surface area contributed by atoms with E-state index in [0.717, 1.165) is 25.7 Å².